The molecular formula is C11H8N2O2S. The van der Waals surface area contributed by atoms with Gasteiger partial charge in [-0.05, 0) is 23.7 Å². The van der Waals surface area contributed by atoms with E-state index in [0.29, 0.717) is 5.39 Å². The average Bonchev–Trinajstić information content (AvgIpc) is 2.64. The van der Waals surface area contributed by atoms with Gasteiger partial charge in [0, 0.05) is 0 Å². The Morgan fingerprint density at radius 1 is 1.50 bits per heavy atom. The van der Waals surface area contributed by atoms with Crippen molar-refractivity contribution >= 4 is 27.6 Å². The molecule has 0 aliphatic heterocycles. The lowest BCUT2D eigenvalue weighted by atomic mass is 10.3. The van der Waals surface area contributed by atoms with Crippen LogP contribution < -0.4 is 10.9 Å². The van der Waals surface area contributed by atoms with Gasteiger partial charge in [0.05, 0.1) is 16.6 Å². The molecule has 4 nitrogen and oxygen atoms in total. The summed E-state index contributed by atoms with van der Waals surface area (Å²) in [6.07, 6.45) is 5.02. The van der Waals surface area contributed by atoms with Gasteiger partial charge in [0.2, 0.25) is 0 Å². The van der Waals surface area contributed by atoms with Crippen LogP contribution in [0.3, 0.4) is 0 Å². The zero-order valence-corrected chi connectivity index (χ0v) is 9.08. The van der Waals surface area contributed by atoms with Crippen molar-refractivity contribution in [3.8, 4) is 12.3 Å². The molecule has 0 fully saturated rings. The van der Waals surface area contributed by atoms with E-state index in [1.165, 1.54) is 0 Å². The van der Waals surface area contributed by atoms with Crippen LogP contribution in [0.15, 0.2) is 29.1 Å². The molecule has 0 unspecified atom stereocenters. The molecule has 1 N–H and O–H groups in total. The molecule has 0 radical (unpaired) electrons. The zero-order valence-electron chi connectivity index (χ0n) is 8.27. The van der Waals surface area contributed by atoms with Gasteiger partial charge in [0.1, 0.15) is 0 Å². The summed E-state index contributed by atoms with van der Waals surface area (Å²) >= 11 is 1.11. The van der Waals surface area contributed by atoms with Crippen LogP contribution in [0.1, 0.15) is 0 Å². The molecule has 1 heterocycles. The Morgan fingerprint density at radius 2 is 2.25 bits per heavy atom. The monoisotopic (exact) mass is 232 g/mol. The van der Waals surface area contributed by atoms with Crippen LogP contribution >= 0.6 is 11.5 Å². The number of aromatic nitrogens is 1. The first kappa shape index (κ1) is 10.5. The van der Waals surface area contributed by atoms with Crippen molar-refractivity contribution in [1.29, 1.82) is 0 Å². The second-order valence-electron chi connectivity index (χ2n) is 3.05. The molecule has 1 aromatic carbocycles. The number of benzene rings is 1. The zero-order chi connectivity index (χ0) is 11.5. The van der Waals surface area contributed by atoms with E-state index in [9.17, 15) is 9.59 Å². The van der Waals surface area contributed by atoms with E-state index in [4.69, 9.17) is 6.42 Å². The maximum absolute atomic E-state index is 11.8. The summed E-state index contributed by atoms with van der Waals surface area (Å²) in [5, 5.41) is 2.99. The van der Waals surface area contributed by atoms with Crippen molar-refractivity contribution in [3.05, 3.63) is 34.6 Å². The minimum atomic E-state index is -0.482. The van der Waals surface area contributed by atoms with Crippen LogP contribution in [0.25, 0.3) is 10.1 Å². The number of nitrogens with one attached hydrogen (secondary N) is 1. The minimum Gasteiger partial charge on any atom is -0.326 e. The van der Waals surface area contributed by atoms with Crippen molar-refractivity contribution in [2.24, 2.45) is 0 Å². The number of hydrogen-bond acceptors (Lipinski definition) is 3. The van der Waals surface area contributed by atoms with E-state index in [0.717, 1.165) is 20.2 Å². The predicted octanol–water partition coefficient (Wildman–Crippen LogP) is 1.25. The summed E-state index contributed by atoms with van der Waals surface area (Å²) in [5.74, 6) is 2.28. The molecule has 0 bridgehead atoms. The van der Waals surface area contributed by atoms with E-state index in [1.807, 2.05) is 6.07 Å². The molecule has 1 amide bonds. The van der Waals surface area contributed by atoms with Gasteiger partial charge in [0.25, 0.3) is 5.56 Å². The van der Waals surface area contributed by atoms with Gasteiger partial charge < -0.3 is 5.32 Å². The lowest BCUT2D eigenvalue weighted by molar-refractivity contribution is 0.245. The lowest BCUT2D eigenvalue weighted by Crippen LogP contribution is -2.33. The molecule has 0 aliphatic rings. The standard InChI is InChI=1S/C11H8N2O2S/c1-2-7-12-11(15)13-10(14)8-5-3-4-6-9(8)16-13/h1,3-6H,7H2,(H,12,15). The molecule has 2 aromatic rings. The van der Waals surface area contributed by atoms with Gasteiger partial charge in [0.15, 0.2) is 0 Å². The molecule has 80 valence electrons. The fraction of sp³-hybridized carbons (Fsp3) is 0.0909. The number of amides is 1. The minimum absolute atomic E-state index is 0.111. The van der Waals surface area contributed by atoms with Crippen molar-refractivity contribution in [3.63, 3.8) is 0 Å². The highest BCUT2D eigenvalue weighted by molar-refractivity contribution is 7.14. The maximum atomic E-state index is 11.8. The fourth-order valence-corrected chi connectivity index (χ4v) is 2.22. The highest BCUT2D eigenvalue weighted by atomic mass is 32.1. The fourth-order valence-electron chi connectivity index (χ4n) is 1.30. The SMILES string of the molecule is C#CCNC(=O)n1sc2ccccc2c1=O. The van der Waals surface area contributed by atoms with Crippen molar-refractivity contribution < 1.29 is 4.79 Å². The maximum Gasteiger partial charge on any atom is 0.338 e. The highest BCUT2D eigenvalue weighted by Gasteiger charge is 2.12. The van der Waals surface area contributed by atoms with Gasteiger partial charge in [-0.2, -0.15) is 3.96 Å². The first-order valence-corrected chi connectivity index (χ1v) is 5.34. The van der Waals surface area contributed by atoms with E-state index in [2.05, 4.69) is 11.2 Å². The molecule has 0 saturated heterocycles. The quantitative estimate of drug-likeness (QED) is 0.752. The first-order chi connectivity index (χ1) is 7.74. The molecule has 0 saturated carbocycles. The Hall–Kier alpha value is -2.06. The van der Waals surface area contributed by atoms with Crippen molar-refractivity contribution in [1.82, 2.24) is 9.27 Å². The summed E-state index contributed by atoms with van der Waals surface area (Å²) in [4.78, 5) is 23.4. The van der Waals surface area contributed by atoms with Gasteiger partial charge >= 0.3 is 6.03 Å². The molecule has 16 heavy (non-hydrogen) atoms. The number of rotatable bonds is 1. The Kier molecular flexibility index (Phi) is 2.75. The Balaban J connectivity index is 2.47. The molecule has 1 aromatic heterocycles. The number of carbonyl (C=O) groups is 1. The number of carbonyl (C=O) groups excluding carboxylic acids is 1. The largest absolute Gasteiger partial charge is 0.338 e. The van der Waals surface area contributed by atoms with E-state index < -0.39 is 6.03 Å². The predicted molar refractivity (Wildman–Crippen MR) is 63.7 cm³/mol. The molecule has 2 rings (SSSR count). The molecule has 5 heteroatoms. The molecular weight excluding hydrogens is 224 g/mol. The van der Waals surface area contributed by atoms with Crippen LogP contribution in [-0.2, 0) is 0 Å². The molecule has 0 atom stereocenters. The van der Waals surface area contributed by atoms with Crippen LogP contribution in [0.5, 0.6) is 0 Å². The van der Waals surface area contributed by atoms with Crippen molar-refractivity contribution in [2.75, 3.05) is 6.54 Å². The molecule has 0 aliphatic carbocycles. The van der Waals surface area contributed by atoms with Crippen LogP contribution in [0, 0.1) is 12.3 Å². The summed E-state index contributed by atoms with van der Waals surface area (Å²) in [7, 11) is 0. The van der Waals surface area contributed by atoms with Crippen LogP contribution in [0.4, 0.5) is 4.79 Å². The Labute approximate surface area is 95.7 Å². The first-order valence-electron chi connectivity index (χ1n) is 4.57. The Morgan fingerprint density at radius 3 is 2.94 bits per heavy atom. The van der Waals surface area contributed by atoms with Gasteiger partial charge in [-0.1, -0.05) is 18.1 Å². The summed E-state index contributed by atoms with van der Waals surface area (Å²) in [6, 6.07) is 6.59. The van der Waals surface area contributed by atoms with E-state index >= 15 is 0 Å². The summed E-state index contributed by atoms with van der Waals surface area (Å²) < 4.78 is 1.85. The molecule has 0 spiro atoms. The summed E-state index contributed by atoms with van der Waals surface area (Å²) in [6.45, 7) is 0.111. The van der Waals surface area contributed by atoms with Crippen molar-refractivity contribution in [2.45, 2.75) is 0 Å². The van der Waals surface area contributed by atoms with E-state index in [1.54, 1.807) is 18.2 Å². The summed E-state index contributed by atoms with van der Waals surface area (Å²) in [5.41, 5.74) is -0.310. The second kappa shape index (κ2) is 4.21. The van der Waals surface area contributed by atoms with Gasteiger partial charge in [-0.15, -0.1) is 6.42 Å². The van der Waals surface area contributed by atoms with Gasteiger partial charge in [-0.3, -0.25) is 4.79 Å². The van der Waals surface area contributed by atoms with E-state index in [-0.39, 0.29) is 12.1 Å². The van der Waals surface area contributed by atoms with Gasteiger partial charge in [-0.25, -0.2) is 4.79 Å². The third-order valence-electron chi connectivity index (χ3n) is 2.02. The third kappa shape index (κ3) is 1.71. The highest BCUT2D eigenvalue weighted by Crippen LogP contribution is 2.15. The number of terminal acetylenes is 1. The number of nitrogens with zero attached hydrogens (tertiary/aromatic N) is 1. The smallest absolute Gasteiger partial charge is 0.326 e. The lowest BCUT2D eigenvalue weighted by Gasteiger charge is -1.98. The number of fused-ring (bicyclic) bond motifs is 1. The average molecular weight is 232 g/mol. The topological polar surface area (TPSA) is 51.1 Å². The third-order valence-corrected chi connectivity index (χ3v) is 3.08. The van der Waals surface area contributed by atoms with Crippen LogP contribution in [0.2, 0.25) is 0 Å². The Bertz CT molecular complexity index is 633. The normalized spacial score (nSPS) is 9.94. The second-order valence-corrected chi connectivity index (χ2v) is 4.04. The van der Waals surface area contributed by atoms with Crippen LogP contribution in [-0.4, -0.2) is 16.5 Å². The number of hydrogen-bond donors (Lipinski definition) is 1.